The summed E-state index contributed by atoms with van der Waals surface area (Å²) in [5.74, 6) is 0.987. The van der Waals surface area contributed by atoms with E-state index in [1.54, 1.807) is 6.20 Å². The van der Waals surface area contributed by atoms with Gasteiger partial charge in [-0.1, -0.05) is 12.1 Å². The van der Waals surface area contributed by atoms with Gasteiger partial charge in [0.1, 0.15) is 0 Å². The smallest absolute Gasteiger partial charge is 0.409 e. The fourth-order valence-electron chi connectivity index (χ4n) is 3.31. The van der Waals surface area contributed by atoms with Crippen molar-refractivity contribution >= 4 is 11.7 Å². The van der Waals surface area contributed by atoms with E-state index in [2.05, 4.69) is 17.1 Å². The molecule has 0 unspecified atom stereocenters. The molecule has 2 bridgehead atoms. The molecule has 0 saturated carbocycles. The predicted molar refractivity (Wildman–Crippen MR) is 77.0 cm³/mol. The summed E-state index contributed by atoms with van der Waals surface area (Å²) in [6.45, 7) is 3.89. The molecule has 1 aliphatic carbocycles. The van der Waals surface area contributed by atoms with Crippen molar-refractivity contribution in [3.05, 3.63) is 36.2 Å². The zero-order chi connectivity index (χ0) is 13.9. The molecular weight excluding hydrogens is 252 g/mol. The number of fused-ring (bicyclic) bond motifs is 2. The summed E-state index contributed by atoms with van der Waals surface area (Å²) in [5, 5.41) is 0. The maximum atomic E-state index is 11.9. The normalized spacial score (nSPS) is 25.1. The highest BCUT2D eigenvalue weighted by Gasteiger charge is 2.33. The van der Waals surface area contributed by atoms with Crippen molar-refractivity contribution in [1.29, 1.82) is 0 Å². The highest BCUT2D eigenvalue weighted by molar-refractivity contribution is 5.69. The van der Waals surface area contributed by atoms with Gasteiger partial charge in [0.2, 0.25) is 0 Å². The minimum Gasteiger partial charge on any atom is -0.450 e. The zero-order valence-corrected chi connectivity index (χ0v) is 11.8. The summed E-state index contributed by atoms with van der Waals surface area (Å²) in [7, 11) is 0. The molecule has 4 nitrogen and oxygen atoms in total. The lowest BCUT2D eigenvalue weighted by molar-refractivity contribution is 0.0780. The van der Waals surface area contributed by atoms with Crippen molar-refractivity contribution in [1.82, 2.24) is 9.88 Å². The Bertz CT molecular complexity index is 512. The van der Waals surface area contributed by atoms with Crippen LogP contribution in [0, 0.1) is 11.8 Å². The van der Waals surface area contributed by atoms with Crippen LogP contribution >= 0.6 is 0 Å². The number of hydrogen-bond donors (Lipinski definition) is 0. The zero-order valence-electron chi connectivity index (χ0n) is 11.8. The molecule has 0 aromatic carbocycles. The maximum absolute atomic E-state index is 11.9. The summed E-state index contributed by atoms with van der Waals surface area (Å²) in [6, 6.07) is 4.09. The Hall–Kier alpha value is -1.84. The standard InChI is InChI=1S/C16H20N2O2/c1-2-20-16(19)18-10-12-6-13(11-18)8-15(7-12)14-4-3-5-17-9-14/h3-5,7,9,12-13H,2,6,8,10-11H2,1H3/t12-,13+/m0/s1. The van der Waals surface area contributed by atoms with Crippen LogP contribution in [0.15, 0.2) is 30.6 Å². The molecule has 2 heterocycles. The van der Waals surface area contributed by atoms with Gasteiger partial charge in [-0.3, -0.25) is 4.98 Å². The topological polar surface area (TPSA) is 42.4 Å². The monoisotopic (exact) mass is 272 g/mol. The molecule has 1 aromatic rings. The number of nitrogens with zero attached hydrogens (tertiary/aromatic N) is 2. The first-order valence-electron chi connectivity index (χ1n) is 7.29. The van der Waals surface area contributed by atoms with Gasteiger partial charge in [-0.05, 0) is 48.8 Å². The second-order valence-corrected chi connectivity index (χ2v) is 5.60. The number of rotatable bonds is 2. The molecule has 0 N–H and O–H groups in total. The Morgan fingerprint density at radius 3 is 3.10 bits per heavy atom. The van der Waals surface area contributed by atoms with Crippen molar-refractivity contribution in [3.8, 4) is 0 Å². The lowest BCUT2D eigenvalue weighted by Crippen LogP contribution is -2.45. The van der Waals surface area contributed by atoms with Crippen LogP contribution in [-0.4, -0.2) is 35.7 Å². The summed E-state index contributed by atoms with van der Waals surface area (Å²) >= 11 is 0. The Morgan fingerprint density at radius 1 is 1.50 bits per heavy atom. The highest BCUT2D eigenvalue weighted by Crippen LogP contribution is 2.37. The van der Waals surface area contributed by atoms with Crippen molar-refractivity contribution in [2.24, 2.45) is 11.8 Å². The van der Waals surface area contributed by atoms with Gasteiger partial charge < -0.3 is 9.64 Å². The van der Waals surface area contributed by atoms with Gasteiger partial charge in [0.25, 0.3) is 0 Å². The average Bonchev–Trinajstić information content (AvgIpc) is 2.47. The lowest BCUT2D eigenvalue weighted by atomic mass is 9.77. The number of carbonyl (C=O) groups is 1. The SMILES string of the molecule is CCOC(=O)N1C[C@@H]2C=C(c3cccnc3)C[C@@H](C2)C1. The Labute approximate surface area is 119 Å². The Morgan fingerprint density at radius 2 is 2.40 bits per heavy atom. The van der Waals surface area contributed by atoms with E-state index in [1.807, 2.05) is 24.1 Å². The Balaban J connectivity index is 1.75. The van der Waals surface area contributed by atoms with Crippen LogP contribution in [0.4, 0.5) is 4.79 Å². The first-order valence-corrected chi connectivity index (χ1v) is 7.29. The van der Waals surface area contributed by atoms with E-state index in [1.165, 1.54) is 17.6 Å². The predicted octanol–water partition coefficient (Wildman–Crippen LogP) is 2.96. The van der Waals surface area contributed by atoms with Crippen molar-refractivity contribution in [2.45, 2.75) is 19.8 Å². The number of carbonyl (C=O) groups excluding carboxylic acids is 1. The first-order chi connectivity index (χ1) is 9.76. The number of amides is 1. The summed E-state index contributed by atoms with van der Waals surface area (Å²) in [6.07, 6.45) is 8.09. The summed E-state index contributed by atoms with van der Waals surface area (Å²) in [4.78, 5) is 17.9. The number of likely N-dealkylation sites (tertiary alicyclic amines) is 1. The molecule has 3 rings (SSSR count). The average molecular weight is 272 g/mol. The van der Waals surface area contributed by atoms with Crippen molar-refractivity contribution in [3.63, 3.8) is 0 Å². The minimum absolute atomic E-state index is 0.166. The number of ether oxygens (including phenoxy) is 1. The van der Waals surface area contributed by atoms with E-state index >= 15 is 0 Å². The third kappa shape index (κ3) is 2.69. The highest BCUT2D eigenvalue weighted by atomic mass is 16.6. The second-order valence-electron chi connectivity index (χ2n) is 5.60. The number of aromatic nitrogens is 1. The van der Waals surface area contributed by atoms with E-state index < -0.39 is 0 Å². The number of pyridine rings is 1. The summed E-state index contributed by atoms with van der Waals surface area (Å²) in [5.41, 5.74) is 2.59. The lowest BCUT2D eigenvalue weighted by Gasteiger charge is -2.39. The van der Waals surface area contributed by atoms with E-state index in [9.17, 15) is 4.79 Å². The van der Waals surface area contributed by atoms with Crippen LogP contribution in [0.1, 0.15) is 25.3 Å². The summed E-state index contributed by atoms with van der Waals surface area (Å²) < 4.78 is 5.11. The Kier molecular flexibility index (Phi) is 3.72. The third-order valence-corrected chi connectivity index (χ3v) is 4.07. The van der Waals surface area contributed by atoms with Crippen LogP contribution in [-0.2, 0) is 4.74 Å². The van der Waals surface area contributed by atoms with Gasteiger partial charge >= 0.3 is 6.09 Å². The van der Waals surface area contributed by atoms with E-state index in [0.29, 0.717) is 18.4 Å². The molecule has 2 aliphatic rings. The van der Waals surface area contributed by atoms with Gasteiger partial charge in [-0.25, -0.2) is 4.79 Å². The van der Waals surface area contributed by atoms with Gasteiger partial charge in [0.05, 0.1) is 6.61 Å². The van der Waals surface area contributed by atoms with Gasteiger partial charge in [-0.15, -0.1) is 0 Å². The molecule has 0 radical (unpaired) electrons. The fraction of sp³-hybridized carbons (Fsp3) is 0.500. The number of allylic oxidation sites excluding steroid dienone is 1. The molecule has 1 saturated heterocycles. The van der Waals surface area contributed by atoms with Gasteiger partial charge in [-0.2, -0.15) is 0 Å². The van der Waals surface area contributed by atoms with Crippen molar-refractivity contribution < 1.29 is 9.53 Å². The van der Waals surface area contributed by atoms with Crippen LogP contribution in [0.2, 0.25) is 0 Å². The molecule has 1 amide bonds. The molecule has 4 heteroatoms. The van der Waals surface area contributed by atoms with E-state index in [0.717, 1.165) is 19.5 Å². The quantitative estimate of drug-likeness (QED) is 0.831. The maximum Gasteiger partial charge on any atom is 0.409 e. The third-order valence-electron chi connectivity index (χ3n) is 4.07. The van der Waals surface area contributed by atoms with E-state index in [4.69, 9.17) is 4.74 Å². The minimum atomic E-state index is -0.166. The van der Waals surface area contributed by atoms with Crippen molar-refractivity contribution in [2.75, 3.05) is 19.7 Å². The molecular formula is C16H20N2O2. The molecule has 20 heavy (non-hydrogen) atoms. The van der Waals surface area contributed by atoms with Crippen LogP contribution < -0.4 is 0 Å². The fourth-order valence-corrected chi connectivity index (χ4v) is 3.31. The van der Waals surface area contributed by atoms with Crippen LogP contribution in [0.25, 0.3) is 5.57 Å². The molecule has 1 fully saturated rings. The van der Waals surface area contributed by atoms with Gasteiger partial charge in [0, 0.05) is 25.5 Å². The van der Waals surface area contributed by atoms with Crippen LogP contribution in [0.3, 0.4) is 0 Å². The largest absolute Gasteiger partial charge is 0.450 e. The number of hydrogen-bond acceptors (Lipinski definition) is 3. The first kappa shape index (κ1) is 13.2. The molecule has 0 spiro atoms. The number of piperidine rings is 1. The molecule has 106 valence electrons. The molecule has 2 atom stereocenters. The van der Waals surface area contributed by atoms with Crippen LogP contribution in [0.5, 0.6) is 0 Å². The molecule has 1 aliphatic heterocycles. The van der Waals surface area contributed by atoms with E-state index in [-0.39, 0.29) is 6.09 Å². The van der Waals surface area contributed by atoms with Gasteiger partial charge in [0.15, 0.2) is 0 Å². The second kappa shape index (κ2) is 5.65. The molecule has 1 aromatic heterocycles.